The van der Waals surface area contributed by atoms with Gasteiger partial charge in [0.2, 0.25) is 11.8 Å². The van der Waals surface area contributed by atoms with Gasteiger partial charge in [0.15, 0.2) is 0 Å². The number of hydrogen-bond acceptors (Lipinski definition) is 7. The Bertz CT molecular complexity index is 1700. The molecule has 2 saturated heterocycles. The van der Waals surface area contributed by atoms with Crippen LogP contribution in [0, 0.1) is 17.8 Å². The molecule has 6 rings (SSSR count). The van der Waals surface area contributed by atoms with Crippen molar-refractivity contribution in [2.24, 2.45) is 17.8 Å². The van der Waals surface area contributed by atoms with Gasteiger partial charge in [-0.1, -0.05) is 83.0 Å². The smallest absolute Gasteiger partial charge is 0.234 e. The largest absolute Gasteiger partial charge is 0.507 e. The van der Waals surface area contributed by atoms with Gasteiger partial charge in [0.05, 0.1) is 24.5 Å². The number of para-hydroxylation sites is 1. The summed E-state index contributed by atoms with van der Waals surface area (Å²) < 4.78 is 7.03. The molecule has 2 amide bonds. The Morgan fingerprint density at radius 2 is 1.70 bits per heavy atom. The van der Waals surface area contributed by atoms with Gasteiger partial charge in [-0.15, -0.1) is 0 Å². The van der Waals surface area contributed by atoms with Gasteiger partial charge >= 0.3 is 0 Å². The number of allylic oxidation sites excluding steroid dienone is 1. The first kappa shape index (κ1) is 36.0. The first-order valence-electron chi connectivity index (χ1n) is 17.8. The molecule has 0 bridgehead atoms. The lowest BCUT2D eigenvalue weighted by molar-refractivity contribution is -0.144. The van der Waals surface area contributed by atoms with Gasteiger partial charge < -0.3 is 20.1 Å². The minimum absolute atomic E-state index is 0.151. The van der Waals surface area contributed by atoms with Crippen LogP contribution in [0.5, 0.6) is 11.5 Å². The lowest BCUT2D eigenvalue weighted by Crippen LogP contribution is -2.47. The second-order valence-corrected chi connectivity index (χ2v) is 14.7. The van der Waals surface area contributed by atoms with E-state index in [0.29, 0.717) is 49.0 Å². The predicted octanol–water partition coefficient (Wildman–Crippen LogP) is 6.74. The molecule has 9 heteroatoms. The van der Waals surface area contributed by atoms with Crippen molar-refractivity contribution in [3.05, 3.63) is 111 Å². The van der Waals surface area contributed by atoms with Crippen LogP contribution in [0.25, 0.3) is 6.08 Å². The summed E-state index contributed by atoms with van der Waals surface area (Å²) >= 11 is 3.47. The van der Waals surface area contributed by atoms with Crippen molar-refractivity contribution < 1.29 is 29.6 Å². The Hall–Kier alpha value is -3.76. The van der Waals surface area contributed by atoms with Crippen LogP contribution >= 0.6 is 15.9 Å². The maximum absolute atomic E-state index is 14.2. The number of piperidine rings is 1. The third-order valence-electron chi connectivity index (χ3n) is 10.6. The summed E-state index contributed by atoms with van der Waals surface area (Å²) in [6.07, 6.45) is 4.35. The van der Waals surface area contributed by atoms with E-state index in [-0.39, 0.29) is 36.8 Å². The number of hydrogen-bond donors (Lipinski definition) is 3. The van der Waals surface area contributed by atoms with E-state index >= 15 is 0 Å². The number of nitrogens with zero attached hydrogens (tertiary/aromatic N) is 2. The Morgan fingerprint density at radius 3 is 2.38 bits per heavy atom. The van der Waals surface area contributed by atoms with Crippen LogP contribution in [-0.4, -0.2) is 75.4 Å². The van der Waals surface area contributed by atoms with Crippen molar-refractivity contribution in [1.29, 1.82) is 0 Å². The zero-order valence-corrected chi connectivity index (χ0v) is 30.2. The molecule has 0 spiro atoms. The normalized spacial score (nSPS) is 22.6. The number of amides is 2. The van der Waals surface area contributed by atoms with Crippen LogP contribution in [0.3, 0.4) is 0 Å². The predicted molar refractivity (Wildman–Crippen MR) is 197 cm³/mol. The van der Waals surface area contributed by atoms with E-state index in [0.717, 1.165) is 41.7 Å². The molecule has 0 radical (unpaired) electrons. The number of imide groups is 1. The Kier molecular flexibility index (Phi) is 11.9. The molecule has 3 aromatic carbocycles. The van der Waals surface area contributed by atoms with E-state index in [1.807, 2.05) is 67.6 Å². The molecule has 3 N–H and O–H groups in total. The fourth-order valence-electron chi connectivity index (χ4n) is 8.03. The molecular weight excluding hydrogens is 696 g/mol. The number of carbonyl (C=O) groups excluding carboxylic acids is 2. The molecule has 8 nitrogen and oxygen atoms in total. The van der Waals surface area contributed by atoms with E-state index in [9.17, 15) is 24.9 Å². The zero-order valence-electron chi connectivity index (χ0n) is 28.6. The van der Waals surface area contributed by atoms with E-state index < -0.39 is 23.9 Å². The molecule has 0 unspecified atom stereocenters. The van der Waals surface area contributed by atoms with Gasteiger partial charge in [0.25, 0.3) is 0 Å². The Labute approximate surface area is 303 Å². The standard InChI is InChI=1S/C41H47BrN2O6/c1-2-27(21-29-22-31(42)14-16-36(29)46)13-15-37(47)38-30(26-50-33-11-7-4-8-12-33)23-34-39(35(38)25-45)41(49)44(40(34)48)32-17-19-43(20-18-32)24-28-9-5-3-6-10-28/h3-12,14,16,21-22,32,34-35,37,39,45-47H,2,13,15,17-20,23-26H2,1H3/b27-21+/t34-,35+,37-,39-/m1/s1. The van der Waals surface area contributed by atoms with Gasteiger partial charge in [-0.3, -0.25) is 19.4 Å². The van der Waals surface area contributed by atoms with Crippen molar-refractivity contribution >= 4 is 33.8 Å². The quantitative estimate of drug-likeness (QED) is 0.131. The first-order valence-corrected chi connectivity index (χ1v) is 18.6. The number of aromatic hydroxyl groups is 1. The number of carbonyl (C=O) groups is 2. The highest BCUT2D eigenvalue weighted by Crippen LogP contribution is 2.47. The summed E-state index contributed by atoms with van der Waals surface area (Å²) in [5.41, 5.74) is 4.37. The molecule has 2 aliphatic heterocycles. The third-order valence-corrected chi connectivity index (χ3v) is 11.1. The van der Waals surface area contributed by atoms with Crippen LogP contribution < -0.4 is 4.74 Å². The number of phenolic OH excluding ortho intramolecular Hbond substituents is 1. The molecule has 0 aromatic heterocycles. The average molecular weight is 744 g/mol. The number of phenols is 1. The second kappa shape index (κ2) is 16.5. The molecule has 264 valence electrons. The van der Waals surface area contributed by atoms with E-state index in [1.165, 1.54) is 10.5 Å². The zero-order chi connectivity index (χ0) is 35.2. The highest BCUT2D eigenvalue weighted by Gasteiger charge is 2.56. The third kappa shape index (κ3) is 8.07. The topological polar surface area (TPSA) is 111 Å². The molecular formula is C41H47BrN2O6. The lowest BCUT2D eigenvalue weighted by Gasteiger charge is -2.37. The number of halogens is 1. The highest BCUT2D eigenvalue weighted by molar-refractivity contribution is 9.10. The van der Waals surface area contributed by atoms with Crippen LogP contribution in [0.15, 0.2) is 100 Å². The van der Waals surface area contributed by atoms with Gasteiger partial charge in [0.1, 0.15) is 18.1 Å². The summed E-state index contributed by atoms with van der Waals surface area (Å²) in [6.45, 7) is 4.25. The summed E-state index contributed by atoms with van der Waals surface area (Å²) in [7, 11) is 0. The number of aliphatic hydroxyl groups excluding tert-OH is 2. The van der Waals surface area contributed by atoms with Crippen molar-refractivity contribution in [2.45, 2.75) is 64.1 Å². The molecule has 3 aromatic rings. The molecule has 1 aliphatic carbocycles. The van der Waals surface area contributed by atoms with Gasteiger partial charge in [-0.25, -0.2) is 0 Å². The van der Waals surface area contributed by atoms with Gasteiger partial charge in [0, 0.05) is 41.6 Å². The highest BCUT2D eigenvalue weighted by atomic mass is 79.9. The summed E-state index contributed by atoms with van der Waals surface area (Å²) in [6, 6.07) is 24.8. The number of fused-ring (bicyclic) bond motifs is 1. The number of likely N-dealkylation sites (tertiary alicyclic amines) is 2. The first-order chi connectivity index (χ1) is 24.3. The minimum Gasteiger partial charge on any atom is -0.507 e. The van der Waals surface area contributed by atoms with Crippen molar-refractivity contribution in [1.82, 2.24) is 9.80 Å². The SMILES string of the molecule is CC/C(=C\c1cc(Br)ccc1O)CC[C@@H](O)C1=C(COc2ccccc2)C[C@H]2C(=O)N(C3CCN(Cc4ccccc4)CC3)C(=O)[C@H]2[C@H]1CO. The second-order valence-electron chi connectivity index (χ2n) is 13.7. The Morgan fingerprint density at radius 1 is 1.00 bits per heavy atom. The van der Waals surface area contributed by atoms with Crippen LogP contribution in [0.2, 0.25) is 0 Å². The molecule has 2 fully saturated rings. The fraction of sp³-hybridized carbons (Fsp3) is 0.415. The number of ether oxygens (including phenoxy) is 1. The molecule has 3 aliphatic rings. The van der Waals surface area contributed by atoms with Crippen molar-refractivity contribution in [3.63, 3.8) is 0 Å². The van der Waals surface area contributed by atoms with Crippen LogP contribution in [0.4, 0.5) is 0 Å². The summed E-state index contributed by atoms with van der Waals surface area (Å²) in [5.74, 6) is -1.57. The number of benzene rings is 3. The molecule has 0 saturated carbocycles. The lowest BCUT2D eigenvalue weighted by atomic mass is 9.68. The summed E-state index contributed by atoms with van der Waals surface area (Å²) in [5, 5.41) is 33.2. The maximum Gasteiger partial charge on any atom is 0.234 e. The van der Waals surface area contributed by atoms with E-state index in [2.05, 4.69) is 33.0 Å². The number of rotatable bonds is 13. The molecule has 50 heavy (non-hydrogen) atoms. The van der Waals surface area contributed by atoms with E-state index in [4.69, 9.17) is 4.74 Å². The van der Waals surface area contributed by atoms with Gasteiger partial charge in [-0.05, 0) is 85.6 Å². The molecule has 2 heterocycles. The van der Waals surface area contributed by atoms with Gasteiger partial charge in [-0.2, -0.15) is 0 Å². The van der Waals surface area contributed by atoms with Crippen molar-refractivity contribution in [2.75, 3.05) is 26.3 Å². The minimum atomic E-state index is -0.952. The van der Waals surface area contributed by atoms with Crippen molar-refractivity contribution in [3.8, 4) is 11.5 Å². The van der Waals surface area contributed by atoms with Crippen LogP contribution in [0.1, 0.15) is 56.6 Å². The van der Waals surface area contributed by atoms with Crippen LogP contribution in [-0.2, 0) is 16.1 Å². The fourth-order valence-corrected chi connectivity index (χ4v) is 8.41. The maximum atomic E-state index is 14.2. The summed E-state index contributed by atoms with van der Waals surface area (Å²) in [4.78, 5) is 32.2. The monoisotopic (exact) mass is 742 g/mol. The average Bonchev–Trinajstić information content (AvgIpc) is 3.39. The Balaban J connectivity index is 1.21. The molecule has 4 atom stereocenters. The van der Waals surface area contributed by atoms with E-state index in [1.54, 1.807) is 12.1 Å². The number of aliphatic hydroxyl groups is 2.